The fourth-order valence-electron chi connectivity index (χ4n) is 2.90. The molecule has 7 heteroatoms. The number of methoxy groups -OCH3 is 2. The smallest absolute Gasteiger partial charge is 0.291 e. The largest absolute Gasteiger partial charge is 0.496 e. The lowest BCUT2D eigenvalue weighted by atomic mass is 10.1. The molecule has 0 aliphatic carbocycles. The van der Waals surface area contributed by atoms with Crippen LogP contribution in [-0.2, 0) is 6.54 Å². The van der Waals surface area contributed by atoms with Gasteiger partial charge in [-0.25, -0.2) is 0 Å². The number of hydrogen-bond acceptors (Lipinski definition) is 5. The molecule has 0 atom stereocenters. The molecule has 3 aromatic rings. The standard InChI is InChI=1S/C22H23ClN2O4/c1-4-24-13-17-20(27-2)11-16(12-21(17)28-3)25-22(26)19-10-9-18(29-19)14-5-7-15(23)8-6-14/h5-12,24H,4,13H2,1-3H3,(H,25,26). The molecule has 152 valence electrons. The third-order valence-electron chi connectivity index (χ3n) is 4.38. The Bertz CT molecular complexity index is 958. The van der Waals surface area contributed by atoms with Crippen LogP contribution in [0.4, 0.5) is 5.69 Å². The van der Waals surface area contributed by atoms with Gasteiger partial charge in [0.25, 0.3) is 5.91 Å². The molecule has 1 amide bonds. The quantitative estimate of drug-likeness (QED) is 0.544. The molecule has 29 heavy (non-hydrogen) atoms. The van der Waals surface area contributed by atoms with Gasteiger partial charge in [-0.05, 0) is 42.9 Å². The fourth-order valence-corrected chi connectivity index (χ4v) is 3.03. The molecule has 1 aromatic heterocycles. The molecule has 0 unspecified atom stereocenters. The molecular formula is C22H23ClN2O4. The van der Waals surface area contributed by atoms with E-state index in [4.69, 9.17) is 25.5 Å². The number of hydrogen-bond donors (Lipinski definition) is 2. The second kappa shape index (κ2) is 9.49. The number of amides is 1. The summed E-state index contributed by atoms with van der Waals surface area (Å²) in [5.74, 6) is 1.67. The van der Waals surface area contributed by atoms with Gasteiger partial charge in [-0.3, -0.25) is 4.79 Å². The minimum absolute atomic E-state index is 0.199. The van der Waals surface area contributed by atoms with Crippen molar-refractivity contribution < 1.29 is 18.7 Å². The van der Waals surface area contributed by atoms with E-state index in [-0.39, 0.29) is 11.7 Å². The summed E-state index contributed by atoms with van der Waals surface area (Å²) in [6.45, 7) is 3.44. The van der Waals surface area contributed by atoms with E-state index in [1.165, 1.54) is 0 Å². The number of halogens is 1. The third kappa shape index (κ3) is 4.91. The van der Waals surface area contributed by atoms with Gasteiger partial charge < -0.3 is 24.5 Å². The fraction of sp³-hybridized carbons (Fsp3) is 0.227. The first-order valence-corrected chi connectivity index (χ1v) is 9.56. The summed E-state index contributed by atoms with van der Waals surface area (Å²) in [6, 6.07) is 14.1. The molecule has 1 heterocycles. The summed E-state index contributed by atoms with van der Waals surface area (Å²) in [5.41, 5.74) is 2.27. The second-order valence-corrected chi connectivity index (χ2v) is 6.70. The molecule has 2 aromatic carbocycles. The average Bonchev–Trinajstić information content (AvgIpc) is 3.23. The lowest BCUT2D eigenvalue weighted by molar-refractivity contribution is 0.0997. The summed E-state index contributed by atoms with van der Waals surface area (Å²) < 4.78 is 16.7. The number of furan rings is 1. The summed E-state index contributed by atoms with van der Waals surface area (Å²) in [4.78, 5) is 12.6. The number of benzene rings is 2. The Morgan fingerprint density at radius 2 is 1.69 bits per heavy atom. The highest BCUT2D eigenvalue weighted by Crippen LogP contribution is 2.33. The zero-order valence-electron chi connectivity index (χ0n) is 16.5. The van der Waals surface area contributed by atoms with Gasteiger partial charge in [-0.2, -0.15) is 0 Å². The van der Waals surface area contributed by atoms with Crippen molar-refractivity contribution >= 4 is 23.2 Å². The number of rotatable bonds is 8. The SMILES string of the molecule is CCNCc1c(OC)cc(NC(=O)c2ccc(-c3ccc(Cl)cc3)o2)cc1OC. The number of carbonyl (C=O) groups is 1. The van der Waals surface area contributed by atoms with Crippen molar-refractivity contribution in [3.63, 3.8) is 0 Å². The highest BCUT2D eigenvalue weighted by molar-refractivity contribution is 6.30. The van der Waals surface area contributed by atoms with Gasteiger partial charge in [0.05, 0.1) is 19.8 Å². The molecule has 0 spiro atoms. The van der Waals surface area contributed by atoms with E-state index in [1.807, 2.05) is 19.1 Å². The van der Waals surface area contributed by atoms with Crippen LogP contribution in [0, 0.1) is 0 Å². The Morgan fingerprint density at radius 1 is 1.03 bits per heavy atom. The molecule has 0 fully saturated rings. The van der Waals surface area contributed by atoms with Crippen LogP contribution in [0.5, 0.6) is 11.5 Å². The monoisotopic (exact) mass is 414 g/mol. The lowest BCUT2D eigenvalue weighted by Gasteiger charge is -2.16. The number of carbonyl (C=O) groups excluding carboxylic acids is 1. The van der Waals surface area contributed by atoms with Crippen molar-refractivity contribution in [2.75, 3.05) is 26.1 Å². The van der Waals surface area contributed by atoms with Gasteiger partial charge in [0.15, 0.2) is 5.76 Å². The lowest BCUT2D eigenvalue weighted by Crippen LogP contribution is -2.15. The van der Waals surface area contributed by atoms with Crippen molar-refractivity contribution in [1.82, 2.24) is 5.32 Å². The molecular weight excluding hydrogens is 392 g/mol. The summed E-state index contributed by atoms with van der Waals surface area (Å²) >= 11 is 5.91. The Hall–Kier alpha value is -2.96. The first-order chi connectivity index (χ1) is 14.0. The van der Waals surface area contributed by atoms with E-state index in [0.29, 0.717) is 34.5 Å². The molecule has 2 N–H and O–H groups in total. The molecule has 3 rings (SSSR count). The highest BCUT2D eigenvalue weighted by atomic mass is 35.5. The highest BCUT2D eigenvalue weighted by Gasteiger charge is 2.16. The van der Waals surface area contributed by atoms with Gasteiger partial charge in [0, 0.05) is 35.0 Å². The topological polar surface area (TPSA) is 72.7 Å². The maximum absolute atomic E-state index is 12.6. The summed E-state index contributed by atoms with van der Waals surface area (Å²) in [6.07, 6.45) is 0. The molecule has 0 saturated carbocycles. The van der Waals surface area contributed by atoms with E-state index in [0.717, 1.165) is 17.7 Å². The Morgan fingerprint density at radius 3 is 2.28 bits per heavy atom. The van der Waals surface area contributed by atoms with Gasteiger partial charge in [0.1, 0.15) is 17.3 Å². The van der Waals surface area contributed by atoms with E-state index in [2.05, 4.69) is 10.6 Å². The predicted molar refractivity (Wildman–Crippen MR) is 114 cm³/mol. The van der Waals surface area contributed by atoms with Crippen LogP contribution in [0.15, 0.2) is 52.9 Å². The molecule has 0 aliphatic rings. The van der Waals surface area contributed by atoms with Crippen molar-refractivity contribution in [3.05, 3.63) is 64.9 Å². The van der Waals surface area contributed by atoms with Crippen LogP contribution in [0.3, 0.4) is 0 Å². The Balaban J connectivity index is 1.80. The van der Waals surface area contributed by atoms with Gasteiger partial charge >= 0.3 is 0 Å². The zero-order chi connectivity index (χ0) is 20.8. The van der Waals surface area contributed by atoms with E-state index in [1.54, 1.807) is 50.6 Å². The number of anilines is 1. The van der Waals surface area contributed by atoms with Crippen molar-refractivity contribution in [2.45, 2.75) is 13.5 Å². The predicted octanol–water partition coefficient (Wildman–Crippen LogP) is 4.98. The van der Waals surface area contributed by atoms with Crippen LogP contribution in [0.1, 0.15) is 23.0 Å². The van der Waals surface area contributed by atoms with Gasteiger partial charge in [-0.1, -0.05) is 18.5 Å². The molecule has 0 aliphatic heterocycles. The van der Waals surface area contributed by atoms with Gasteiger partial charge in [-0.15, -0.1) is 0 Å². The first-order valence-electron chi connectivity index (χ1n) is 9.18. The van der Waals surface area contributed by atoms with Crippen LogP contribution < -0.4 is 20.1 Å². The van der Waals surface area contributed by atoms with E-state index in [9.17, 15) is 4.79 Å². The summed E-state index contributed by atoms with van der Waals surface area (Å²) in [5, 5.41) is 6.72. The Labute approximate surface area is 174 Å². The van der Waals surface area contributed by atoms with Crippen LogP contribution in [-0.4, -0.2) is 26.7 Å². The van der Waals surface area contributed by atoms with Gasteiger partial charge in [0.2, 0.25) is 0 Å². The van der Waals surface area contributed by atoms with Crippen LogP contribution in [0.2, 0.25) is 5.02 Å². The molecule has 0 bridgehead atoms. The number of nitrogens with one attached hydrogen (secondary N) is 2. The minimum Gasteiger partial charge on any atom is -0.496 e. The molecule has 6 nitrogen and oxygen atoms in total. The zero-order valence-corrected chi connectivity index (χ0v) is 17.3. The van der Waals surface area contributed by atoms with Crippen molar-refractivity contribution in [1.29, 1.82) is 0 Å². The maximum Gasteiger partial charge on any atom is 0.291 e. The average molecular weight is 415 g/mol. The van der Waals surface area contributed by atoms with E-state index >= 15 is 0 Å². The Kier molecular flexibility index (Phi) is 6.80. The van der Waals surface area contributed by atoms with Crippen LogP contribution in [0.25, 0.3) is 11.3 Å². The normalized spacial score (nSPS) is 10.6. The van der Waals surface area contributed by atoms with E-state index < -0.39 is 0 Å². The minimum atomic E-state index is -0.367. The summed E-state index contributed by atoms with van der Waals surface area (Å²) in [7, 11) is 3.17. The maximum atomic E-state index is 12.6. The second-order valence-electron chi connectivity index (χ2n) is 6.26. The van der Waals surface area contributed by atoms with Crippen LogP contribution >= 0.6 is 11.6 Å². The van der Waals surface area contributed by atoms with Crippen molar-refractivity contribution in [2.24, 2.45) is 0 Å². The molecule has 0 radical (unpaired) electrons. The van der Waals surface area contributed by atoms with Crippen molar-refractivity contribution in [3.8, 4) is 22.8 Å². The third-order valence-corrected chi connectivity index (χ3v) is 4.63. The first kappa shape index (κ1) is 20.8. The number of ether oxygens (including phenoxy) is 2. The molecule has 0 saturated heterocycles.